The minimum atomic E-state index is -0.353. The number of hydrogen-bond donors (Lipinski definition) is 1. The summed E-state index contributed by atoms with van der Waals surface area (Å²) in [5.74, 6) is 0.886. The van der Waals surface area contributed by atoms with Gasteiger partial charge in [-0.15, -0.1) is 0 Å². The molecule has 23 heavy (non-hydrogen) atoms. The maximum atomic E-state index is 12.6. The van der Waals surface area contributed by atoms with Gasteiger partial charge < -0.3 is 14.5 Å². The molecule has 1 aromatic carbocycles. The van der Waals surface area contributed by atoms with Gasteiger partial charge in [-0.1, -0.05) is 23.2 Å². The number of anilines is 1. The van der Waals surface area contributed by atoms with E-state index in [1.807, 2.05) is 0 Å². The summed E-state index contributed by atoms with van der Waals surface area (Å²) < 4.78 is 10.9. The quantitative estimate of drug-likeness (QED) is 0.743. The Balaban J connectivity index is 2.05. The second-order valence-corrected chi connectivity index (χ2v) is 5.66. The molecule has 0 spiro atoms. The molecule has 0 aliphatic rings. The maximum absolute atomic E-state index is 12.6. The largest absolute Gasteiger partial charge is 0.493 e. The zero-order chi connectivity index (χ0) is 16.6. The molecule has 2 heterocycles. The minimum Gasteiger partial charge on any atom is -0.493 e. The third-order valence-electron chi connectivity index (χ3n) is 3.33. The fourth-order valence-corrected chi connectivity index (χ4v) is 2.75. The van der Waals surface area contributed by atoms with E-state index in [1.165, 1.54) is 12.4 Å². The standard InChI is InChI=1S/C16H12Cl2N2O3/c1-8-5-10-9(3-4-13(22-2)15(10)23-8)16(21)20-14-11(17)6-19-7-12(14)18/h3-7H,1-2H3,(H,19,20,21). The molecular formula is C16H12Cl2N2O3. The number of nitrogens with one attached hydrogen (secondary N) is 1. The van der Waals surface area contributed by atoms with Crippen molar-refractivity contribution in [2.75, 3.05) is 12.4 Å². The molecule has 0 radical (unpaired) electrons. The highest BCUT2D eigenvalue weighted by Crippen LogP contribution is 2.33. The average molecular weight is 351 g/mol. The molecule has 3 rings (SSSR count). The number of benzene rings is 1. The van der Waals surface area contributed by atoms with E-state index in [0.29, 0.717) is 33.7 Å². The molecule has 0 aliphatic carbocycles. The van der Waals surface area contributed by atoms with Crippen LogP contribution in [-0.4, -0.2) is 18.0 Å². The van der Waals surface area contributed by atoms with Crippen molar-refractivity contribution in [1.29, 1.82) is 0 Å². The smallest absolute Gasteiger partial charge is 0.256 e. The third kappa shape index (κ3) is 2.85. The van der Waals surface area contributed by atoms with Crippen LogP contribution in [0.15, 0.2) is 35.0 Å². The van der Waals surface area contributed by atoms with Crippen molar-refractivity contribution in [3.05, 3.63) is 52.0 Å². The van der Waals surface area contributed by atoms with Gasteiger partial charge in [-0.2, -0.15) is 0 Å². The van der Waals surface area contributed by atoms with Gasteiger partial charge in [0.05, 0.1) is 28.4 Å². The first-order valence-corrected chi connectivity index (χ1v) is 7.44. The SMILES string of the molecule is COc1ccc(C(=O)Nc2c(Cl)cncc2Cl)c2cc(C)oc12. The van der Waals surface area contributed by atoms with Crippen LogP contribution in [0.25, 0.3) is 11.0 Å². The number of rotatable bonds is 3. The fourth-order valence-electron chi connectivity index (χ4n) is 2.29. The number of aryl methyl sites for hydroxylation is 1. The predicted molar refractivity (Wildman–Crippen MR) is 89.7 cm³/mol. The summed E-state index contributed by atoms with van der Waals surface area (Å²) in [5, 5.41) is 3.89. The molecule has 1 amide bonds. The van der Waals surface area contributed by atoms with Crippen LogP contribution in [0.3, 0.4) is 0 Å². The Kier molecular flexibility index (Phi) is 4.15. The van der Waals surface area contributed by atoms with Crippen LogP contribution in [0.2, 0.25) is 10.0 Å². The Morgan fingerprint density at radius 1 is 1.26 bits per heavy atom. The highest BCUT2D eigenvalue weighted by Gasteiger charge is 2.18. The summed E-state index contributed by atoms with van der Waals surface area (Å²) in [7, 11) is 1.54. The van der Waals surface area contributed by atoms with Crippen LogP contribution in [0.1, 0.15) is 16.1 Å². The first-order valence-electron chi connectivity index (χ1n) is 6.68. The minimum absolute atomic E-state index is 0.263. The van der Waals surface area contributed by atoms with E-state index in [0.717, 1.165) is 0 Å². The summed E-state index contributed by atoms with van der Waals surface area (Å²) in [6.45, 7) is 1.80. The Morgan fingerprint density at radius 2 is 1.96 bits per heavy atom. The van der Waals surface area contributed by atoms with Crippen LogP contribution in [0.5, 0.6) is 5.75 Å². The first kappa shape index (κ1) is 15.6. The predicted octanol–water partition coefficient (Wildman–Crippen LogP) is 4.70. The number of ether oxygens (including phenoxy) is 1. The molecule has 0 saturated heterocycles. The van der Waals surface area contributed by atoms with Crippen molar-refractivity contribution in [2.24, 2.45) is 0 Å². The van der Waals surface area contributed by atoms with Crippen LogP contribution >= 0.6 is 23.2 Å². The number of carbonyl (C=O) groups excluding carboxylic acids is 1. The van der Waals surface area contributed by atoms with E-state index in [9.17, 15) is 4.79 Å². The zero-order valence-corrected chi connectivity index (χ0v) is 13.8. The number of aromatic nitrogens is 1. The molecule has 0 saturated carbocycles. The van der Waals surface area contributed by atoms with E-state index in [1.54, 1.807) is 32.2 Å². The number of halogens is 2. The van der Waals surface area contributed by atoms with Gasteiger partial charge in [-0.25, -0.2) is 0 Å². The van der Waals surface area contributed by atoms with Crippen molar-refractivity contribution in [3.8, 4) is 5.75 Å². The van der Waals surface area contributed by atoms with Crippen LogP contribution in [0.4, 0.5) is 5.69 Å². The van der Waals surface area contributed by atoms with Crippen molar-refractivity contribution in [1.82, 2.24) is 4.98 Å². The summed E-state index contributed by atoms with van der Waals surface area (Å²) >= 11 is 12.1. The molecule has 0 aliphatic heterocycles. The van der Waals surface area contributed by atoms with E-state index < -0.39 is 0 Å². The topological polar surface area (TPSA) is 64.4 Å². The lowest BCUT2D eigenvalue weighted by Crippen LogP contribution is -2.13. The van der Waals surface area contributed by atoms with Gasteiger partial charge in [-0.05, 0) is 25.1 Å². The number of hydrogen-bond acceptors (Lipinski definition) is 4. The normalized spacial score (nSPS) is 10.8. The molecule has 0 fully saturated rings. The van der Waals surface area contributed by atoms with Gasteiger partial charge >= 0.3 is 0 Å². The third-order valence-corrected chi connectivity index (χ3v) is 3.90. The average Bonchev–Trinajstić information content (AvgIpc) is 2.91. The lowest BCUT2D eigenvalue weighted by molar-refractivity contribution is 0.102. The molecular weight excluding hydrogens is 339 g/mol. The number of furan rings is 1. The van der Waals surface area contributed by atoms with Gasteiger partial charge in [0, 0.05) is 17.8 Å². The van der Waals surface area contributed by atoms with E-state index in [4.69, 9.17) is 32.4 Å². The summed E-state index contributed by atoms with van der Waals surface area (Å²) in [6.07, 6.45) is 2.82. The van der Waals surface area contributed by atoms with Crippen molar-refractivity contribution in [2.45, 2.75) is 6.92 Å². The van der Waals surface area contributed by atoms with Crippen molar-refractivity contribution in [3.63, 3.8) is 0 Å². The van der Waals surface area contributed by atoms with Gasteiger partial charge in [0.15, 0.2) is 11.3 Å². The highest BCUT2D eigenvalue weighted by molar-refractivity contribution is 6.39. The molecule has 5 nitrogen and oxygen atoms in total. The second-order valence-electron chi connectivity index (χ2n) is 4.85. The monoisotopic (exact) mass is 350 g/mol. The lowest BCUT2D eigenvalue weighted by Gasteiger charge is -2.10. The van der Waals surface area contributed by atoms with Crippen LogP contribution in [0, 0.1) is 6.92 Å². The Hall–Kier alpha value is -2.24. The van der Waals surface area contributed by atoms with Crippen molar-refractivity contribution < 1.29 is 13.9 Å². The number of nitrogens with zero attached hydrogens (tertiary/aromatic N) is 1. The van der Waals surface area contributed by atoms with E-state index >= 15 is 0 Å². The van der Waals surface area contributed by atoms with Gasteiger partial charge in [0.1, 0.15) is 5.76 Å². The van der Waals surface area contributed by atoms with Gasteiger partial charge in [0.2, 0.25) is 0 Å². The van der Waals surface area contributed by atoms with E-state index in [2.05, 4.69) is 10.3 Å². The van der Waals surface area contributed by atoms with E-state index in [-0.39, 0.29) is 16.0 Å². The Morgan fingerprint density at radius 3 is 2.61 bits per heavy atom. The Bertz CT molecular complexity index is 885. The zero-order valence-electron chi connectivity index (χ0n) is 12.3. The van der Waals surface area contributed by atoms with Crippen LogP contribution < -0.4 is 10.1 Å². The van der Waals surface area contributed by atoms with Gasteiger partial charge in [0.25, 0.3) is 5.91 Å². The summed E-state index contributed by atoms with van der Waals surface area (Å²) in [4.78, 5) is 16.5. The Labute approximate surface area is 142 Å². The summed E-state index contributed by atoms with van der Waals surface area (Å²) in [5.41, 5.74) is 1.27. The number of amides is 1. The molecule has 7 heteroatoms. The molecule has 1 N–H and O–H groups in total. The molecule has 118 valence electrons. The highest BCUT2D eigenvalue weighted by atomic mass is 35.5. The van der Waals surface area contributed by atoms with Crippen LogP contribution in [-0.2, 0) is 0 Å². The number of fused-ring (bicyclic) bond motifs is 1. The number of pyridine rings is 1. The second kappa shape index (κ2) is 6.10. The molecule has 3 aromatic rings. The van der Waals surface area contributed by atoms with Crippen molar-refractivity contribution >= 4 is 45.8 Å². The first-order chi connectivity index (χ1) is 11.0. The molecule has 0 bridgehead atoms. The maximum Gasteiger partial charge on any atom is 0.256 e. The lowest BCUT2D eigenvalue weighted by atomic mass is 10.1. The molecule has 0 unspecified atom stereocenters. The molecule has 2 aromatic heterocycles. The number of carbonyl (C=O) groups is 1. The molecule has 0 atom stereocenters. The summed E-state index contributed by atoms with van der Waals surface area (Å²) in [6, 6.07) is 5.12. The van der Waals surface area contributed by atoms with Gasteiger partial charge in [-0.3, -0.25) is 9.78 Å². The fraction of sp³-hybridized carbons (Fsp3) is 0.125. The number of methoxy groups -OCH3 is 1.